The molecule has 4 heteroatoms. The predicted octanol–water partition coefficient (Wildman–Crippen LogP) is 2.42. The molecule has 2 aromatic rings. The number of ether oxygens (including phenoxy) is 1. The van der Waals surface area contributed by atoms with Crippen LogP contribution in [-0.4, -0.2) is 15.6 Å². The second-order valence-corrected chi connectivity index (χ2v) is 3.50. The van der Waals surface area contributed by atoms with Gasteiger partial charge in [-0.2, -0.15) is 5.10 Å². The number of aromatic nitrogens is 2. The molecule has 0 aliphatic rings. The number of hydrogen-bond donors (Lipinski definition) is 0. The first-order valence-corrected chi connectivity index (χ1v) is 4.93. The van der Waals surface area contributed by atoms with E-state index in [0.29, 0.717) is 17.1 Å². The van der Waals surface area contributed by atoms with Crippen LogP contribution in [0.4, 0.5) is 0 Å². The number of para-hydroxylation sites is 1. The number of ketones is 1. The molecule has 1 aromatic heterocycles. The third-order valence-electron chi connectivity index (χ3n) is 2.18. The fourth-order valence-corrected chi connectivity index (χ4v) is 1.42. The standard InChI is InChI=1S/C12H12N2O2/c1-9(15)11-5-3-4-6-12(11)16-10-7-13-14(2)8-10/h3-8H,1-2H3. The second-order valence-electron chi connectivity index (χ2n) is 3.50. The summed E-state index contributed by atoms with van der Waals surface area (Å²) in [5.74, 6) is 1.17. The lowest BCUT2D eigenvalue weighted by atomic mass is 10.1. The summed E-state index contributed by atoms with van der Waals surface area (Å²) >= 11 is 0. The summed E-state index contributed by atoms with van der Waals surface area (Å²) in [7, 11) is 1.81. The van der Waals surface area contributed by atoms with Crippen molar-refractivity contribution in [3.05, 3.63) is 42.2 Å². The molecule has 82 valence electrons. The van der Waals surface area contributed by atoms with E-state index in [0.717, 1.165) is 0 Å². The van der Waals surface area contributed by atoms with Crippen LogP contribution in [0.1, 0.15) is 17.3 Å². The van der Waals surface area contributed by atoms with Crippen molar-refractivity contribution < 1.29 is 9.53 Å². The van der Waals surface area contributed by atoms with Gasteiger partial charge in [0.2, 0.25) is 0 Å². The van der Waals surface area contributed by atoms with Gasteiger partial charge in [0.15, 0.2) is 11.5 Å². The van der Waals surface area contributed by atoms with Crippen LogP contribution in [0.3, 0.4) is 0 Å². The Morgan fingerprint density at radius 1 is 1.38 bits per heavy atom. The maximum atomic E-state index is 11.4. The van der Waals surface area contributed by atoms with E-state index in [9.17, 15) is 4.79 Å². The van der Waals surface area contributed by atoms with Gasteiger partial charge in [-0.15, -0.1) is 0 Å². The monoisotopic (exact) mass is 216 g/mol. The van der Waals surface area contributed by atoms with Gasteiger partial charge in [0.25, 0.3) is 0 Å². The fraction of sp³-hybridized carbons (Fsp3) is 0.167. The van der Waals surface area contributed by atoms with Gasteiger partial charge in [0.05, 0.1) is 18.0 Å². The lowest BCUT2D eigenvalue weighted by Crippen LogP contribution is -1.96. The molecule has 0 saturated carbocycles. The molecule has 0 aliphatic carbocycles. The smallest absolute Gasteiger partial charge is 0.165 e. The van der Waals surface area contributed by atoms with Crippen LogP contribution >= 0.6 is 0 Å². The summed E-state index contributed by atoms with van der Waals surface area (Å²) in [4.78, 5) is 11.4. The van der Waals surface area contributed by atoms with Crippen molar-refractivity contribution >= 4 is 5.78 Å². The van der Waals surface area contributed by atoms with Gasteiger partial charge in [-0.1, -0.05) is 12.1 Å². The van der Waals surface area contributed by atoms with E-state index >= 15 is 0 Å². The van der Waals surface area contributed by atoms with Crippen LogP contribution < -0.4 is 4.74 Å². The number of carbonyl (C=O) groups is 1. The van der Waals surface area contributed by atoms with E-state index in [2.05, 4.69) is 5.10 Å². The molecule has 0 atom stereocenters. The average Bonchev–Trinajstić information content (AvgIpc) is 2.64. The highest BCUT2D eigenvalue weighted by Crippen LogP contribution is 2.24. The van der Waals surface area contributed by atoms with Crippen molar-refractivity contribution in [3.8, 4) is 11.5 Å². The zero-order valence-electron chi connectivity index (χ0n) is 9.18. The lowest BCUT2D eigenvalue weighted by molar-refractivity contribution is 0.101. The van der Waals surface area contributed by atoms with Crippen LogP contribution in [-0.2, 0) is 7.05 Å². The van der Waals surface area contributed by atoms with Crippen LogP contribution in [0.5, 0.6) is 11.5 Å². The maximum Gasteiger partial charge on any atom is 0.165 e. The van der Waals surface area contributed by atoms with E-state index in [-0.39, 0.29) is 5.78 Å². The van der Waals surface area contributed by atoms with E-state index in [1.807, 2.05) is 19.2 Å². The summed E-state index contributed by atoms with van der Waals surface area (Å²) in [6.45, 7) is 1.52. The zero-order valence-corrected chi connectivity index (χ0v) is 9.18. The molecule has 1 heterocycles. The Morgan fingerprint density at radius 2 is 2.12 bits per heavy atom. The zero-order chi connectivity index (χ0) is 11.5. The topological polar surface area (TPSA) is 44.1 Å². The van der Waals surface area contributed by atoms with Gasteiger partial charge >= 0.3 is 0 Å². The lowest BCUT2D eigenvalue weighted by Gasteiger charge is -2.06. The molecule has 1 aromatic carbocycles. The second kappa shape index (κ2) is 4.18. The molecule has 0 unspecified atom stereocenters. The van der Waals surface area contributed by atoms with Gasteiger partial charge in [-0.25, -0.2) is 0 Å². The Balaban J connectivity index is 2.31. The third-order valence-corrected chi connectivity index (χ3v) is 2.18. The Hall–Kier alpha value is -2.10. The summed E-state index contributed by atoms with van der Waals surface area (Å²) < 4.78 is 7.23. The molecular formula is C12H12N2O2. The van der Waals surface area contributed by atoms with Gasteiger partial charge < -0.3 is 4.74 Å². The molecule has 2 rings (SSSR count). The minimum atomic E-state index is -0.0144. The fourth-order valence-electron chi connectivity index (χ4n) is 1.42. The first kappa shape index (κ1) is 10.4. The highest BCUT2D eigenvalue weighted by molar-refractivity contribution is 5.96. The number of aryl methyl sites for hydroxylation is 1. The third kappa shape index (κ3) is 2.11. The molecule has 0 aliphatic heterocycles. The summed E-state index contributed by atoms with van der Waals surface area (Å²) in [6.07, 6.45) is 3.35. The Labute approximate surface area is 93.5 Å². The number of hydrogen-bond acceptors (Lipinski definition) is 3. The molecule has 0 saturated heterocycles. The predicted molar refractivity (Wildman–Crippen MR) is 59.7 cm³/mol. The normalized spacial score (nSPS) is 10.1. The quantitative estimate of drug-likeness (QED) is 0.740. The largest absolute Gasteiger partial charge is 0.453 e. The van der Waals surface area contributed by atoms with Crippen molar-refractivity contribution in [2.24, 2.45) is 7.05 Å². The molecule has 0 amide bonds. The molecule has 16 heavy (non-hydrogen) atoms. The molecule has 0 fully saturated rings. The molecule has 0 bridgehead atoms. The van der Waals surface area contributed by atoms with Crippen molar-refractivity contribution in [1.29, 1.82) is 0 Å². The number of nitrogens with zero attached hydrogens (tertiary/aromatic N) is 2. The SMILES string of the molecule is CC(=O)c1ccccc1Oc1cnn(C)c1. The Kier molecular flexibility index (Phi) is 2.72. The number of Topliss-reactive ketones (excluding diaryl/α,β-unsaturated/α-hetero) is 1. The molecule has 0 spiro atoms. The van der Waals surface area contributed by atoms with Gasteiger partial charge in [0.1, 0.15) is 5.75 Å². The molecular weight excluding hydrogens is 204 g/mol. The van der Waals surface area contributed by atoms with Crippen LogP contribution in [0.2, 0.25) is 0 Å². The van der Waals surface area contributed by atoms with Crippen molar-refractivity contribution in [1.82, 2.24) is 9.78 Å². The van der Waals surface area contributed by atoms with E-state index < -0.39 is 0 Å². The Bertz CT molecular complexity index is 517. The molecule has 0 N–H and O–H groups in total. The molecule has 0 radical (unpaired) electrons. The van der Waals surface area contributed by atoms with Crippen LogP contribution in [0.15, 0.2) is 36.7 Å². The van der Waals surface area contributed by atoms with Crippen LogP contribution in [0, 0.1) is 0 Å². The summed E-state index contributed by atoms with van der Waals surface area (Å²) in [5, 5.41) is 3.99. The highest BCUT2D eigenvalue weighted by atomic mass is 16.5. The van der Waals surface area contributed by atoms with Gasteiger partial charge in [-0.3, -0.25) is 9.48 Å². The summed E-state index contributed by atoms with van der Waals surface area (Å²) in [6, 6.07) is 7.16. The first-order chi connectivity index (χ1) is 7.66. The van der Waals surface area contributed by atoms with Crippen molar-refractivity contribution in [2.45, 2.75) is 6.92 Å². The van der Waals surface area contributed by atoms with Gasteiger partial charge in [-0.05, 0) is 19.1 Å². The van der Waals surface area contributed by atoms with E-state index in [1.54, 1.807) is 29.2 Å². The van der Waals surface area contributed by atoms with E-state index in [1.165, 1.54) is 6.92 Å². The average molecular weight is 216 g/mol. The Morgan fingerprint density at radius 3 is 2.75 bits per heavy atom. The minimum absolute atomic E-state index is 0.0144. The van der Waals surface area contributed by atoms with Crippen molar-refractivity contribution in [2.75, 3.05) is 0 Å². The number of rotatable bonds is 3. The highest BCUT2D eigenvalue weighted by Gasteiger charge is 2.08. The number of benzene rings is 1. The first-order valence-electron chi connectivity index (χ1n) is 4.93. The van der Waals surface area contributed by atoms with Crippen molar-refractivity contribution in [3.63, 3.8) is 0 Å². The number of carbonyl (C=O) groups excluding carboxylic acids is 1. The maximum absolute atomic E-state index is 11.4. The van der Waals surface area contributed by atoms with Gasteiger partial charge in [0, 0.05) is 7.05 Å². The van der Waals surface area contributed by atoms with Crippen LogP contribution in [0.25, 0.3) is 0 Å². The van der Waals surface area contributed by atoms with E-state index in [4.69, 9.17) is 4.74 Å². The summed E-state index contributed by atoms with van der Waals surface area (Å²) in [5.41, 5.74) is 0.575. The minimum Gasteiger partial charge on any atom is -0.453 e. The molecule has 4 nitrogen and oxygen atoms in total.